The summed E-state index contributed by atoms with van der Waals surface area (Å²) >= 11 is 0. The number of rotatable bonds is 4. The van der Waals surface area contributed by atoms with Crippen LogP contribution in [0.15, 0.2) is 22.7 Å². The fourth-order valence-electron chi connectivity index (χ4n) is 2.03. The van der Waals surface area contributed by atoms with Crippen LogP contribution in [0.4, 0.5) is 4.39 Å². The van der Waals surface area contributed by atoms with Gasteiger partial charge in [-0.3, -0.25) is 0 Å². The topological polar surface area (TPSA) is 64.9 Å². The molecule has 4 nitrogen and oxygen atoms in total. The SMILES string of the molecule is Cc1cc(F)cc(-c2noc(C(CN)C(C)C)n2)c1. The third-order valence-corrected chi connectivity index (χ3v) is 3.12. The van der Waals surface area contributed by atoms with Gasteiger partial charge in [-0.2, -0.15) is 4.98 Å². The maximum atomic E-state index is 13.4. The number of halogens is 1. The normalized spacial score (nSPS) is 12.9. The summed E-state index contributed by atoms with van der Waals surface area (Å²) in [6.07, 6.45) is 0. The summed E-state index contributed by atoms with van der Waals surface area (Å²) in [5, 5.41) is 3.91. The molecule has 102 valence electrons. The second kappa shape index (κ2) is 5.48. The summed E-state index contributed by atoms with van der Waals surface area (Å²) in [7, 11) is 0. The Kier molecular flexibility index (Phi) is 3.95. The van der Waals surface area contributed by atoms with E-state index in [2.05, 4.69) is 10.1 Å². The van der Waals surface area contributed by atoms with Crippen LogP contribution in [0.5, 0.6) is 0 Å². The van der Waals surface area contributed by atoms with Gasteiger partial charge in [0.15, 0.2) is 0 Å². The maximum Gasteiger partial charge on any atom is 0.231 e. The second-order valence-corrected chi connectivity index (χ2v) is 5.06. The van der Waals surface area contributed by atoms with Crippen molar-refractivity contribution < 1.29 is 8.91 Å². The number of hydrogen-bond donors (Lipinski definition) is 1. The lowest BCUT2D eigenvalue weighted by Gasteiger charge is -2.13. The van der Waals surface area contributed by atoms with E-state index >= 15 is 0 Å². The third kappa shape index (κ3) is 2.98. The van der Waals surface area contributed by atoms with Crippen LogP contribution in [-0.2, 0) is 0 Å². The lowest BCUT2D eigenvalue weighted by molar-refractivity contribution is 0.324. The van der Waals surface area contributed by atoms with Gasteiger partial charge in [0.25, 0.3) is 0 Å². The Morgan fingerprint density at radius 1 is 1.32 bits per heavy atom. The molecule has 0 radical (unpaired) electrons. The summed E-state index contributed by atoms with van der Waals surface area (Å²) in [4.78, 5) is 4.33. The van der Waals surface area contributed by atoms with E-state index in [0.29, 0.717) is 29.7 Å². The molecule has 0 aliphatic heterocycles. The molecule has 0 spiro atoms. The summed E-state index contributed by atoms with van der Waals surface area (Å²) in [6.45, 7) is 6.37. The Bertz CT molecular complexity index is 545. The van der Waals surface area contributed by atoms with Gasteiger partial charge < -0.3 is 10.3 Å². The van der Waals surface area contributed by atoms with E-state index in [0.717, 1.165) is 5.56 Å². The van der Waals surface area contributed by atoms with Crippen molar-refractivity contribution in [3.8, 4) is 11.4 Å². The van der Waals surface area contributed by atoms with E-state index in [1.165, 1.54) is 12.1 Å². The van der Waals surface area contributed by atoms with Gasteiger partial charge in [-0.05, 0) is 36.6 Å². The van der Waals surface area contributed by atoms with Crippen molar-refractivity contribution in [3.05, 3.63) is 35.5 Å². The van der Waals surface area contributed by atoms with Crippen LogP contribution >= 0.6 is 0 Å². The van der Waals surface area contributed by atoms with E-state index in [4.69, 9.17) is 10.3 Å². The van der Waals surface area contributed by atoms with Gasteiger partial charge in [-0.25, -0.2) is 4.39 Å². The summed E-state index contributed by atoms with van der Waals surface area (Å²) in [6, 6.07) is 4.68. The molecule has 5 heteroatoms. The number of nitrogens with two attached hydrogens (primary N) is 1. The monoisotopic (exact) mass is 263 g/mol. The Balaban J connectivity index is 2.35. The fraction of sp³-hybridized carbons (Fsp3) is 0.429. The van der Waals surface area contributed by atoms with Crippen LogP contribution in [0.1, 0.15) is 31.2 Å². The quantitative estimate of drug-likeness (QED) is 0.921. The van der Waals surface area contributed by atoms with E-state index in [9.17, 15) is 4.39 Å². The first-order chi connectivity index (χ1) is 9.01. The Hall–Kier alpha value is -1.75. The highest BCUT2D eigenvalue weighted by atomic mass is 19.1. The molecule has 1 heterocycles. The van der Waals surface area contributed by atoms with Crippen molar-refractivity contribution in [1.29, 1.82) is 0 Å². The molecule has 0 amide bonds. The van der Waals surface area contributed by atoms with Crippen LogP contribution < -0.4 is 5.73 Å². The van der Waals surface area contributed by atoms with E-state index < -0.39 is 0 Å². The minimum atomic E-state index is -0.305. The molecule has 0 aliphatic carbocycles. The van der Waals surface area contributed by atoms with E-state index in [1.807, 2.05) is 26.8 Å². The average molecular weight is 263 g/mol. The first-order valence-corrected chi connectivity index (χ1v) is 6.32. The van der Waals surface area contributed by atoms with Crippen molar-refractivity contribution in [2.24, 2.45) is 11.7 Å². The highest BCUT2D eigenvalue weighted by molar-refractivity contribution is 5.55. The Morgan fingerprint density at radius 2 is 2.05 bits per heavy atom. The zero-order valence-corrected chi connectivity index (χ0v) is 11.4. The van der Waals surface area contributed by atoms with E-state index in [-0.39, 0.29) is 11.7 Å². The molecular formula is C14H18FN3O. The number of nitrogens with zero attached hydrogens (tertiary/aromatic N) is 2. The van der Waals surface area contributed by atoms with Gasteiger partial charge in [0.1, 0.15) is 5.82 Å². The molecule has 19 heavy (non-hydrogen) atoms. The zero-order valence-electron chi connectivity index (χ0n) is 11.4. The van der Waals surface area contributed by atoms with Gasteiger partial charge in [0, 0.05) is 12.1 Å². The van der Waals surface area contributed by atoms with Gasteiger partial charge >= 0.3 is 0 Å². The van der Waals surface area contributed by atoms with Crippen molar-refractivity contribution in [3.63, 3.8) is 0 Å². The van der Waals surface area contributed by atoms with Gasteiger partial charge in [0.05, 0.1) is 5.92 Å². The molecule has 0 fully saturated rings. The highest BCUT2D eigenvalue weighted by Crippen LogP contribution is 2.25. The lowest BCUT2D eigenvalue weighted by Crippen LogP contribution is -2.18. The Labute approximate surface area is 111 Å². The molecule has 0 aliphatic rings. The van der Waals surface area contributed by atoms with Crippen molar-refractivity contribution in [2.75, 3.05) is 6.54 Å². The molecule has 1 aromatic carbocycles. The smallest absolute Gasteiger partial charge is 0.231 e. The molecule has 2 rings (SSSR count). The minimum absolute atomic E-state index is 0.0240. The largest absolute Gasteiger partial charge is 0.339 e. The summed E-state index contributed by atoms with van der Waals surface area (Å²) in [5.74, 6) is 0.940. The standard InChI is InChI=1S/C14H18FN3O/c1-8(2)12(7-16)14-17-13(18-19-14)10-4-9(3)5-11(15)6-10/h4-6,8,12H,7,16H2,1-3H3. The highest BCUT2D eigenvalue weighted by Gasteiger charge is 2.21. The second-order valence-electron chi connectivity index (χ2n) is 5.06. The number of aromatic nitrogens is 2. The van der Waals surface area contributed by atoms with Gasteiger partial charge in [-0.1, -0.05) is 19.0 Å². The molecule has 1 atom stereocenters. The molecule has 1 aromatic heterocycles. The maximum absolute atomic E-state index is 13.4. The van der Waals surface area contributed by atoms with Crippen LogP contribution in [0.25, 0.3) is 11.4 Å². The molecule has 1 unspecified atom stereocenters. The van der Waals surface area contributed by atoms with Gasteiger partial charge in [0.2, 0.25) is 11.7 Å². The molecule has 0 saturated heterocycles. The number of benzene rings is 1. The summed E-state index contributed by atoms with van der Waals surface area (Å²) in [5.41, 5.74) is 7.15. The third-order valence-electron chi connectivity index (χ3n) is 3.12. The predicted molar refractivity (Wildman–Crippen MR) is 71.1 cm³/mol. The van der Waals surface area contributed by atoms with Crippen molar-refractivity contribution in [1.82, 2.24) is 10.1 Å². The molecule has 0 bridgehead atoms. The first-order valence-electron chi connectivity index (χ1n) is 6.32. The van der Waals surface area contributed by atoms with Crippen molar-refractivity contribution >= 4 is 0 Å². The molecule has 0 saturated carbocycles. The van der Waals surface area contributed by atoms with Crippen molar-refractivity contribution in [2.45, 2.75) is 26.7 Å². The van der Waals surface area contributed by atoms with Crippen LogP contribution in [-0.4, -0.2) is 16.7 Å². The molecule has 2 aromatic rings. The van der Waals surface area contributed by atoms with Gasteiger partial charge in [-0.15, -0.1) is 0 Å². The lowest BCUT2D eigenvalue weighted by atomic mass is 9.96. The predicted octanol–water partition coefficient (Wildman–Crippen LogP) is 2.88. The average Bonchev–Trinajstić information content (AvgIpc) is 2.77. The number of hydrogen-bond acceptors (Lipinski definition) is 4. The number of aryl methyl sites for hydroxylation is 1. The van der Waals surface area contributed by atoms with Crippen LogP contribution in [0, 0.1) is 18.7 Å². The van der Waals surface area contributed by atoms with E-state index in [1.54, 1.807) is 0 Å². The minimum Gasteiger partial charge on any atom is -0.339 e. The summed E-state index contributed by atoms with van der Waals surface area (Å²) < 4.78 is 18.6. The zero-order chi connectivity index (χ0) is 14.0. The fourth-order valence-corrected chi connectivity index (χ4v) is 2.03. The van der Waals surface area contributed by atoms with Crippen LogP contribution in [0.2, 0.25) is 0 Å². The molecular weight excluding hydrogens is 245 g/mol. The van der Waals surface area contributed by atoms with Crippen LogP contribution in [0.3, 0.4) is 0 Å². The first kappa shape index (κ1) is 13.7. The molecule has 2 N–H and O–H groups in total. The Morgan fingerprint density at radius 3 is 2.63 bits per heavy atom.